The molecule has 1 saturated heterocycles. The molecule has 4 rings (SSSR count). The molecule has 0 saturated carbocycles. The van der Waals surface area contributed by atoms with Gasteiger partial charge in [0.15, 0.2) is 5.43 Å². The fourth-order valence-corrected chi connectivity index (χ4v) is 3.72. The van der Waals surface area contributed by atoms with E-state index in [0.717, 1.165) is 35.1 Å². The minimum Gasteiger partial charge on any atom is -0.354 e. The smallest absolute Gasteiger partial charge is 0.190 e. The number of fused-ring (bicyclic) bond motifs is 1. The Hall–Kier alpha value is -2.43. The van der Waals surface area contributed by atoms with E-state index in [0.29, 0.717) is 0 Å². The number of H-pyrrole nitrogens is 1. The van der Waals surface area contributed by atoms with Crippen LogP contribution in [0, 0.1) is 0 Å². The van der Waals surface area contributed by atoms with Gasteiger partial charge in [0.05, 0.1) is 13.2 Å². The highest BCUT2D eigenvalue weighted by Gasteiger charge is 2.24. The van der Waals surface area contributed by atoms with Crippen LogP contribution in [-0.4, -0.2) is 23.7 Å². The highest BCUT2D eigenvalue weighted by Crippen LogP contribution is 2.32. The number of aromatic amines is 1. The van der Waals surface area contributed by atoms with Gasteiger partial charge in [0.1, 0.15) is 0 Å². The average molecular weight is 334 g/mol. The second-order valence-electron chi connectivity index (χ2n) is 6.55. The summed E-state index contributed by atoms with van der Waals surface area (Å²) in [5, 5.41) is 2.78. The molecule has 2 aromatic carbocycles. The van der Waals surface area contributed by atoms with Crippen LogP contribution in [0.3, 0.4) is 0 Å². The van der Waals surface area contributed by atoms with Gasteiger partial charge in [0, 0.05) is 29.2 Å². The number of benzene rings is 2. The SMILES string of the molecule is CON1CCCCC1c1cccc(-c2cc(=O)c3ccccc3[nH]2)c1. The number of rotatable bonds is 3. The van der Waals surface area contributed by atoms with Gasteiger partial charge in [-0.2, -0.15) is 5.06 Å². The van der Waals surface area contributed by atoms with Crippen molar-refractivity contribution in [2.75, 3.05) is 13.7 Å². The molecule has 1 fully saturated rings. The first-order chi connectivity index (χ1) is 12.3. The lowest BCUT2D eigenvalue weighted by molar-refractivity contribution is -0.176. The highest BCUT2D eigenvalue weighted by molar-refractivity contribution is 5.81. The molecule has 1 atom stereocenters. The molecule has 0 aliphatic carbocycles. The van der Waals surface area contributed by atoms with E-state index in [1.54, 1.807) is 13.2 Å². The molecule has 1 aliphatic heterocycles. The summed E-state index contributed by atoms with van der Waals surface area (Å²) in [6.45, 7) is 0.957. The second-order valence-corrected chi connectivity index (χ2v) is 6.55. The van der Waals surface area contributed by atoms with E-state index in [2.05, 4.69) is 28.2 Å². The van der Waals surface area contributed by atoms with Crippen molar-refractivity contribution >= 4 is 10.9 Å². The fourth-order valence-electron chi connectivity index (χ4n) is 3.72. The Bertz CT molecular complexity index is 948. The number of piperidine rings is 1. The molecular weight excluding hydrogens is 312 g/mol. The molecule has 1 aromatic heterocycles. The third-order valence-electron chi connectivity index (χ3n) is 5.01. The van der Waals surface area contributed by atoms with Crippen molar-refractivity contribution in [2.24, 2.45) is 0 Å². The van der Waals surface area contributed by atoms with Crippen molar-refractivity contribution in [3.8, 4) is 11.3 Å². The first-order valence-electron chi connectivity index (χ1n) is 8.79. The summed E-state index contributed by atoms with van der Waals surface area (Å²) >= 11 is 0. The molecule has 0 bridgehead atoms. The first-order valence-corrected chi connectivity index (χ1v) is 8.79. The van der Waals surface area contributed by atoms with Gasteiger partial charge >= 0.3 is 0 Å². The standard InChI is InChI=1S/C21H22N2O2/c1-25-23-12-5-4-11-20(23)16-8-6-7-15(13-16)19-14-21(24)17-9-2-3-10-18(17)22-19/h2-3,6-10,13-14,20H,4-5,11-12H2,1H3,(H,22,24). The Morgan fingerprint density at radius 2 is 1.96 bits per heavy atom. The molecule has 4 nitrogen and oxygen atoms in total. The summed E-state index contributed by atoms with van der Waals surface area (Å²) in [6.07, 6.45) is 3.47. The van der Waals surface area contributed by atoms with Crippen molar-refractivity contribution in [3.63, 3.8) is 0 Å². The number of para-hydroxylation sites is 1. The molecule has 4 heteroatoms. The molecule has 0 radical (unpaired) electrons. The number of nitrogens with one attached hydrogen (secondary N) is 1. The monoisotopic (exact) mass is 334 g/mol. The third kappa shape index (κ3) is 3.11. The molecular formula is C21H22N2O2. The Morgan fingerprint density at radius 3 is 2.84 bits per heavy atom. The van der Waals surface area contributed by atoms with Crippen molar-refractivity contribution in [2.45, 2.75) is 25.3 Å². The summed E-state index contributed by atoms with van der Waals surface area (Å²) in [4.78, 5) is 21.4. The minimum absolute atomic E-state index is 0.0472. The molecule has 0 amide bonds. The lowest BCUT2D eigenvalue weighted by Crippen LogP contribution is -2.32. The summed E-state index contributed by atoms with van der Waals surface area (Å²) in [6, 6.07) is 18.0. The summed E-state index contributed by atoms with van der Waals surface area (Å²) in [5.74, 6) is 0. The van der Waals surface area contributed by atoms with E-state index in [-0.39, 0.29) is 11.5 Å². The second kappa shape index (κ2) is 6.82. The number of hydrogen-bond acceptors (Lipinski definition) is 3. The maximum absolute atomic E-state index is 12.4. The first kappa shape index (κ1) is 16.1. The van der Waals surface area contributed by atoms with Crippen LogP contribution in [0.5, 0.6) is 0 Å². The van der Waals surface area contributed by atoms with Gasteiger partial charge in [-0.25, -0.2) is 0 Å². The van der Waals surface area contributed by atoms with Crippen LogP contribution in [0.2, 0.25) is 0 Å². The molecule has 25 heavy (non-hydrogen) atoms. The van der Waals surface area contributed by atoms with Crippen molar-refractivity contribution in [1.29, 1.82) is 0 Å². The van der Waals surface area contributed by atoms with Crippen LogP contribution in [0.4, 0.5) is 0 Å². The molecule has 1 aliphatic rings. The highest BCUT2D eigenvalue weighted by atomic mass is 16.7. The zero-order chi connectivity index (χ0) is 17.2. The Morgan fingerprint density at radius 1 is 1.08 bits per heavy atom. The summed E-state index contributed by atoms with van der Waals surface area (Å²) in [5.41, 5.74) is 4.03. The lowest BCUT2D eigenvalue weighted by atomic mass is 9.95. The molecule has 0 spiro atoms. The maximum atomic E-state index is 12.4. The zero-order valence-corrected chi connectivity index (χ0v) is 14.4. The topological polar surface area (TPSA) is 45.3 Å². The van der Waals surface area contributed by atoms with E-state index in [9.17, 15) is 4.79 Å². The molecule has 128 valence electrons. The number of hydrogen-bond donors (Lipinski definition) is 1. The third-order valence-corrected chi connectivity index (χ3v) is 5.01. The lowest BCUT2D eigenvalue weighted by Gasteiger charge is -2.33. The van der Waals surface area contributed by atoms with Crippen LogP contribution < -0.4 is 5.43 Å². The van der Waals surface area contributed by atoms with Gasteiger partial charge in [-0.1, -0.05) is 36.8 Å². The zero-order valence-electron chi connectivity index (χ0n) is 14.4. The van der Waals surface area contributed by atoms with Gasteiger partial charge in [-0.15, -0.1) is 0 Å². The van der Waals surface area contributed by atoms with Crippen molar-refractivity contribution in [1.82, 2.24) is 10.0 Å². The molecule has 2 heterocycles. The predicted octanol–water partition coefficient (Wildman–Crippen LogP) is 4.28. The van der Waals surface area contributed by atoms with Crippen LogP contribution in [0.1, 0.15) is 30.9 Å². The Balaban J connectivity index is 1.76. The minimum atomic E-state index is 0.0472. The van der Waals surface area contributed by atoms with Crippen LogP contribution in [0.25, 0.3) is 22.2 Å². The van der Waals surface area contributed by atoms with E-state index >= 15 is 0 Å². The van der Waals surface area contributed by atoms with Gasteiger partial charge in [0.25, 0.3) is 0 Å². The predicted molar refractivity (Wildman–Crippen MR) is 100 cm³/mol. The van der Waals surface area contributed by atoms with E-state index in [4.69, 9.17) is 4.84 Å². The summed E-state index contributed by atoms with van der Waals surface area (Å²) in [7, 11) is 1.74. The Kier molecular flexibility index (Phi) is 4.38. The normalized spacial score (nSPS) is 18.5. The Labute approximate surface area is 147 Å². The number of nitrogens with zero attached hydrogens (tertiary/aromatic N) is 1. The number of aromatic nitrogens is 1. The van der Waals surface area contributed by atoms with E-state index in [1.807, 2.05) is 30.3 Å². The van der Waals surface area contributed by atoms with Gasteiger partial charge in [0.2, 0.25) is 0 Å². The van der Waals surface area contributed by atoms with Gasteiger partial charge in [-0.05, 0) is 42.2 Å². The van der Waals surface area contributed by atoms with Crippen molar-refractivity contribution in [3.05, 3.63) is 70.4 Å². The van der Waals surface area contributed by atoms with Crippen LogP contribution in [-0.2, 0) is 4.84 Å². The summed E-state index contributed by atoms with van der Waals surface area (Å²) < 4.78 is 0. The molecule has 3 aromatic rings. The fraction of sp³-hybridized carbons (Fsp3) is 0.286. The van der Waals surface area contributed by atoms with Crippen LogP contribution in [0.15, 0.2) is 59.4 Å². The maximum Gasteiger partial charge on any atom is 0.190 e. The van der Waals surface area contributed by atoms with Crippen LogP contribution >= 0.6 is 0 Å². The van der Waals surface area contributed by atoms with Crippen molar-refractivity contribution < 1.29 is 4.84 Å². The molecule has 1 unspecified atom stereocenters. The largest absolute Gasteiger partial charge is 0.354 e. The van der Waals surface area contributed by atoms with E-state index in [1.165, 1.54) is 18.4 Å². The average Bonchev–Trinajstić information content (AvgIpc) is 2.68. The van der Waals surface area contributed by atoms with E-state index < -0.39 is 0 Å². The molecule has 1 N–H and O–H groups in total. The quantitative estimate of drug-likeness (QED) is 0.777. The number of hydroxylamine groups is 2. The number of pyridine rings is 1. The van der Waals surface area contributed by atoms with Gasteiger partial charge < -0.3 is 9.82 Å². The van der Waals surface area contributed by atoms with Gasteiger partial charge in [-0.3, -0.25) is 4.79 Å².